The van der Waals surface area contributed by atoms with Crippen LogP contribution in [0.5, 0.6) is 5.75 Å². The van der Waals surface area contributed by atoms with Gasteiger partial charge in [-0.1, -0.05) is 11.6 Å². The summed E-state index contributed by atoms with van der Waals surface area (Å²) in [7, 11) is -3.13. The molecule has 148 valence electrons. The molecule has 9 heteroatoms. The van der Waals surface area contributed by atoms with Gasteiger partial charge in [0.2, 0.25) is 10.0 Å². The van der Waals surface area contributed by atoms with Crippen molar-refractivity contribution < 1.29 is 13.2 Å². The third kappa shape index (κ3) is 9.84. The number of hydrogen-bond donors (Lipinski definition) is 3. The molecule has 1 unspecified atom stereocenters. The normalized spacial score (nSPS) is 13.3. The summed E-state index contributed by atoms with van der Waals surface area (Å²) in [5.74, 6) is 1.52. The van der Waals surface area contributed by atoms with Crippen molar-refractivity contribution in [3.05, 3.63) is 29.3 Å². The topological polar surface area (TPSA) is 91.8 Å². The number of ether oxygens (including phenoxy) is 1. The lowest BCUT2D eigenvalue weighted by atomic mass is 10.3. The van der Waals surface area contributed by atoms with Crippen molar-refractivity contribution in [3.63, 3.8) is 0 Å². The molecule has 0 spiro atoms. The van der Waals surface area contributed by atoms with Gasteiger partial charge in [0.15, 0.2) is 5.96 Å². The second-order valence-electron chi connectivity index (χ2n) is 5.68. The molecule has 7 nitrogen and oxygen atoms in total. The Balaban J connectivity index is 2.38. The highest BCUT2D eigenvalue weighted by atomic mass is 35.5. The summed E-state index contributed by atoms with van der Waals surface area (Å²) >= 11 is 5.86. The smallest absolute Gasteiger partial charge is 0.211 e. The molecular weight excluding hydrogens is 376 g/mol. The highest BCUT2D eigenvalue weighted by molar-refractivity contribution is 7.89. The Morgan fingerprint density at radius 3 is 2.50 bits per heavy atom. The Bertz CT molecular complexity index is 650. The lowest BCUT2D eigenvalue weighted by Crippen LogP contribution is -2.39. The molecule has 1 aromatic carbocycles. The monoisotopic (exact) mass is 404 g/mol. The van der Waals surface area contributed by atoms with Crippen LogP contribution >= 0.6 is 11.6 Å². The van der Waals surface area contributed by atoms with Crippen molar-refractivity contribution in [2.45, 2.75) is 33.3 Å². The van der Waals surface area contributed by atoms with Gasteiger partial charge in [0.25, 0.3) is 0 Å². The minimum absolute atomic E-state index is 0.0933. The molecule has 0 bridgehead atoms. The van der Waals surface area contributed by atoms with Crippen LogP contribution in [0.3, 0.4) is 0 Å². The first kappa shape index (κ1) is 22.5. The van der Waals surface area contributed by atoms with E-state index in [1.165, 1.54) is 0 Å². The molecule has 0 amide bonds. The molecule has 1 atom stereocenters. The van der Waals surface area contributed by atoms with Crippen molar-refractivity contribution in [2.24, 2.45) is 4.99 Å². The van der Waals surface area contributed by atoms with E-state index in [4.69, 9.17) is 16.3 Å². The van der Waals surface area contributed by atoms with Crippen molar-refractivity contribution in [2.75, 3.05) is 31.9 Å². The van der Waals surface area contributed by atoms with Gasteiger partial charge in [0, 0.05) is 24.7 Å². The van der Waals surface area contributed by atoms with Crippen molar-refractivity contribution in [1.29, 1.82) is 0 Å². The van der Waals surface area contributed by atoms with Gasteiger partial charge in [-0.25, -0.2) is 18.1 Å². The Hall–Kier alpha value is -1.51. The van der Waals surface area contributed by atoms with E-state index in [0.717, 1.165) is 12.3 Å². The van der Waals surface area contributed by atoms with Crippen LogP contribution in [-0.2, 0) is 10.0 Å². The summed E-state index contributed by atoms with van der Waals surface area (Å²) in [4.78, 5) is 4.49. The fraction of sp³-hybridized carbons (Fsp3) is 0.588. The van der Waals surface area contributed by atoms with Crippen molar-refractivity contribution in [1.82, 2.24) is 15.4 Å². The van der Waals surface area contributed by atoms with E-state index in [1.54, 1.807) is 19.1 Å². The van der Waals surface area contributed by atoms with Crippen molar-refractivity contribution in [3.8, 4) is 5.75 Å². The highest BCUT2D eigenvalue weighted by Gasteiger charge is 2.06. The molecule has 0 fully saturated rings. The molecular formula is C17H29ClN4O3S. The maximum atomic E-state index is 11.4. The molecule has 1 aromatic rings. The van der Waals surface area contributed by atoms with Crippen LogP contribution in [0.1, 0.15) is 27.2 Å². The largest absolute Gasteiger partial charge is 0.489 e. The van der Waals surface area contributed by atoms with E-state index in [1.807, 2.05) is 26.0 Å². The Labute approximate surface area is 161 Å². The number of nitrogens with one attached hydrogen (secondary N) is 3. The van der Waals surface area contributed by atoms with E-state index in [0.29, 0.717) is 37.0 Å². The summed E-state index contributed by atoms with van der Waals surface area (Å²) in [6.07, 6.45) is 0.573. The predicted molar refractivity (Wildman–Crippen MR) is 108 cm³/mol. The van der Waals surface area contributed by atoms with Crippen LogP contribution in [0.4, 0.5) is 0 Å². The van der Waals surface area contributed by atoms with E-state index in [9.17, 15) is 8.42 Å². The van der Waals surface area contributed by atoms with Crippen LogP contribution in [0, 0.1) is 0 Å². The van der Waals surface area contributed by atoms with Crippen LogP contribution < -0.4 is 20.1 Å². The fourth-order valence-corrected chi connectivity index (χ4v) is 2.75. The van der Waals surface area contributed by atoms with Crippen LogP contribution in [-0.4, -0.2) is 52.4 Å². The van der Waals surface area contributed by atoms with E-state index in [-0.39, 0.29) is 11.9 Å². The number of nitrogens with zero attached hydrogens (tertiary/aromatic N) is 1. The Morgan fingerprint density at radius 2 is 1.88 bits per heavy atom. The Morgan fingerprint density at radius 1 is 1.19 bits per heavy atom. The first-order valence-corrected chi connectivity index (χ1v) is 10.8. The van der Waals surface area contributed by atoms with Gasteiger partial charge >= 0.3 is 0 Å². The predicted octanol–water partition coefficient (Wildman–Crippen LogP) is 1.99. The lowest BCUT2D eigenvalue weighted by Gasteiger charge is -2.15. The number of sulfonamides is 1. The molecule has 26 heavy (non-hydrogen) atoms. The second-order valence-corrected chi connectivity index (χ2v) is 8.21. The average molecular weight is 405 g/mol. The standard InChI is InChI=1S/C17H29ClN4O3S/c1-4-19-17(20-11-6-12-22-26(23,24)5-2)21-13-14(3)25-16-9-7-15(18)8-10-16/h7-10,14,22H,4-6,11-13H2,1-3H3,(H2,19,20,21). The third-order valence-corrected chi connectivity index (χ3v) is 5.01. The van der Waals surface area contributed by atoms with Gasteiger partial charge < -0.3 is 15.4 Å². The lowest BCUT2D eigenvalue weighted by molar-refractivity contribution is 0.230. The molecule has 1 rings (SSSR count). The van der Waals surface area contributed by atoms with Gasteiger partial charge in [-0.05, 0) is 51.5 Å². The summed E-state index contributed by atoms with van der Waals surface area (Å²) < 4.78 is 31.0. The fourth-order valence-electron chi connectivity index (χ4n) is 1.97. The number of benzene rings is 1. The molecule has 0 aromatic heterocycles. The first-order chi connectivity index (χ1) is 12.4. The quantitative estimate of drug-likeness (QED) is 0.298. The molecule has 0 saturated carbocycles. The molecule has 0 saturated heterocycles. The van der Waals surface area contributed by atoms with E-state index < -0.39 is 10.0 Å². The molecule has 0 aliphatic heterocycles. The summed E-state index contributed by atoms with van der Waals surface area (Å²) in [6, 6.07) is 7.21. The maximum absolute atomic E-state index is 11.4. The number of guanidine groups is 1. The van der Waals surface area contributed by atoms with Gasteiger partial charge in [-0.15, -0.1) is 0 Å². The number of hydrogen-bond acceptors (Lipinski definition) is 4. The minimum atomic E-state index is -3.13. The first-order valence-electron chi connectivity index (χ1n) is 8.78. The SMILES string of the molecule is CCNC(=NCC(C)Oc1ccc(Cl)cc1)NCCCNS(=O)(=O)CC. The zero-order valence-corrected chi connectivity index (χ0v) is 17.2. The van der Waals surface area contributed by atoms with Crippen LogP contribution in [0.2, 0.25) is 5.02 Å². The Kier molecular flexibility index (Phi) is 10.4. The second kappa shape index (κ2) is 12.0. The zero-order chi connectivity index (χ0) is 19.4. The van der Waals surface area contributed by atoms with Crippen LogP contribution in [0.15, 0.2) is 29.3 Å². The zero-order valence-electron chi connectivity index (χ0n) is 15.6. The molecule has 0 radical (unpaired) electrons. The third-order valence-electron chi connectivity index (χ3n) is 3.35. The highest BCUT2D eigenvalue weighted by Crippen LogP contribution is 2.16. The van der Waals surface area contributed by atoms with Gasteiger partial charge in [0.1, 0.15) is 11.9 Å². The molecule has 0 heterocycles. The summed E-state index contributed by atoms with van der Waals surface area (Å²) in [6.45, 7) is 7.79. The summed E-state index contributed by atoms with van der Waals surface area (Å²) in [5.41, 5.74) is 0. The molecule has 0 aliphatic rings. The average Bonchev–Trinajstić information content (AvgIpc) is 2.61. The number of aliphatic imine (C=N–C) groups is 1. The minimum Gasteiger partial charge on any atom is -0.489 e. The molecule has 3 N–H and O–H groups in total. The van der Waals surface area contributed by atoms with Gasteiger partial charge in [-0.3, -0.25) is 0 Å². The van der Waals surface area contributed by atoms with E-state index >= 15 is 0 Å². The summed E-state index contributed by atoms with van der Waals surface area (Å²) in [5, 5.41) is 7.01. The van der Waals surface area contributed by atoms with E-state index in [2.05, 4.69) is 20.3 Å². The van der Waals surface area contributed by atoms with Crippen molar-refractivity contribution >= 4 is 27.6 Å². The van der Waals surface area contributed by atoms with Gasteiger partial charge in [-0.2, -0.15) is 0 Å². The van der Waals surface area contributed by atoms with Gasteiger partial charge in [0.05, 0.1) is 12.3 Å². The van der Waals surface area contributed by atoms with Crippen LogP contribution in [0.25, 0.3) is 0 Å². The maximum Gasteiger partial charge on any atom is 0.211 e. The molecule has 0 aliphatic carbocycles. The number of halogens is 1. The number of rotatable bonds is 11.